The molecule has 0 aliphatic rings. The molecule has 96 valence electrons. The van der Waals surface area contributed by atoms with Crippen LogP contribution < -0.4 is 4.74 Å². The lowest BCUT2D eigenvalue weighted by atomic mass is 10.2. The van der Waals surface area contributed by atoms with Crippen LogP contribution in [-0.4, -0.2) is 10.1 Å². The van der Waals surface area contributed by atoms with Crippen molar-refractivity contribution in [2.75, 3.05) is 0 Å². The van der Waals surface area contributed by atoms with Crippen molar-refractivity contribution in [3.05, 3.63) is 53.8 Å². The molecule has 2 aromatic carbocycles. The molecule has 0 bridgehead atoms. The summed E-state index contributed by atoms with van der Waals surface area (Å²) in [6.45, 7) is -0.326. The van der Waals surface area contributed by atoms with Crippen LogP contribution in [0.15, 0.2) is 42.5 Å². The summed E-state index contributed by atoms with van der Waals surface area (Å²) in [5, 5.41) is 9.37. The zero-order valence-electron chi connectivity index (χ0n) is 9.84. The Morgan fingerprint density at radius 3 is 2.79 bits per heavy atom. The van der Waals surface area contributed by atoms with Gasteiger partial charge in [0.2, 0.25) is 0 Å². The highest BCUT2D eigenvalue weighted by molar-refractivity contribution is 7.20. The summed E-state index contributed by atoms with van der Waals surface area (Å²) in [6.07, 6.45) is 0. The van der Waals surface area contributed by atoms with Gasteiger partial charge in [-0.2, -0.15) is 0 Å². The number of fused-ring (bicyclic) bond motifs is 1. The predicted molar refractivity (Wildman–Crippen MR) is 72.0 cm³/mol. The Balaban J connectivity index is 1.90. The summed E-state index contributed by atoms with van der Waals surface area (Å²) >= 11 is 1.40. The summed E-state index contributed by atoms with van der Waals surface area (Å²) in [6, 6.07) is 12.0. The largest absolute Gasteiger partial charge is 0.431 e. The highest BCUT2D eigenvalue weighted by Gasteiger charge is 2.08. The third-order valence-corrected chi connectivity index (χ3v) is 3.59. The van der Waals surface area contributed by atoms with Gasteiger partial charge in [-0.1, -0.05) is 29.5 Å². The molecule has 3 aromatic rings. The van der Waals surface area contributed by atoms with Crippen LogP contribution in [0, 0.1) is 5.82 Å². The van der Waals surface area contributed by atoms with Gasteiger partial charge in [-0.25, -0.2) is 9.37 Å². The first-order valence-electron chi connectivity index (χ1n) is 5.69. The fourth-order valence-electron chi connectivity index (χ4n) is 1.72. The van der Waals surface area contributed by atoms with Gasteiger partial charge in [-0.05, 0) is 18.2 Å². The summed E-state index contributed by atoms with van der Waals surface area (Å²) in [5.41, 5.74) is 1.10. The standard InChI is InChI=1S/C14H10FNO2S/c15-11-7-10(6-5-9(11)8-17)18-14-16-12-3-1-2-4-13(12)19-14/h1-7,17H,8H2. The summed E-state index contributed by atoms with van der Waals surface area (Å²) in [7, 11) is 0. The second kappa shape index (κ2) is 4.95. The molecule has 0 atom stereocenters. The number of aromatic nitrogens is 1. The zero-order valence-corrected chi connectivity index (χ0v) is 10.7. The highest BCUT2D eigenvalue weighted by Crippen LogP contribution is 2.31. The SMILES string of the molecule is OCc1ccc(Oc2nc3ccccc3s2)cc1F. The third-order valence-electron chi connectivity index (χ3n) is 2.67. The number of para-hydroxylation sites is 1. The van der Waals surface area contributed by atoms with Crippen LogP contribution in [0.5, 0.6) is 10.9 Å². The monoisotopic (exact) mass is 275 g/mol. The smallest absolute Gasteiger partial charge is 0.279 e. The maximum Gasteiger partial charge on any atom is 0.279 e. The van der Waals surface area contributed by atoms with E-state index in [0.29, 0.717) is 10.9 Å². The van der Waals surface area contributed by atoms with Crippen LogP contribution in [-0.2, 0) is 6.61 Å². The van der Waals surface area contributed by atoms with Crippen molar-refractivity contribution < 1.29 is 14.2 Å². The van der Waals surface area contributed by atoms with Gasteiger partial charge in [0.1, 0.15) is 11.6 Å². The van der Waals surface area contributed by atoms with Gasteiger partial charge in [-0.3, -0.25) is 0 Å². The Labute approximate surface area is 112 Å². The molecule has 1 N–H and O–H groups in total. The van der Waals surface area contributed by atoms with E-state index in [1.54, 1.807) is 6.07 Å². The van der Waals surface area contributed by atoms with E-state index in [1.807, 2.05) is 24.3 Å². The molecule has 0 amide bonds. The minimum atomic E-state index is -0.485. The maximum atomic E-state index is 13.5. The Bertz CT molecular complexity index is 693. The first-order chi connectivity index (χ1) is 9.26. The van der Waals surface area contributed by atoms with Gasteiger partial charge >= 0.3 is 0 Å². The molecule has 3 nitrogen and oxygen atoms in total. The van der Waals surface area contributed by atoms with Gasteiger partial charge in [0.05, 0.1) is 16.8 Å². The topological polar surface area (TPSA) is 42.4 Å². The summed E-state index contributed by atoms with van der Waals surface area (Å²) in [4.78, 5) is 4.30. The third kappa shape index (κ3) is 2.43. The quantitative estimate of drug-likeness (QED) is 0.792. The molecule has 3 rings (SSSR count). The van der Waals surface area contributed by atoms with Crippen molar-refractivity contribution in [2.24, 2.45) is 0 Å². The van der Waals surface area contributed by atoms with Gasteiger partial charge in [0, 0.05) is 11.6 Å². The van der Waals surface area contributed by atoms with E-state index in [0.717, 1.165) is 10.2 Å². The van der Waals surface area contributed by atoms with E-state index in [9.17, 15) is 4.39 Å². The molecule has 19 heavy (non-hydrogen) atoms. The lowest BCUT2D eigenvalue weighted by molar-refractivity contribution is 0.275. The maximum absolute atomic E-state index is 13.5. The van der Waals surface area contributed by atoms with E-state index in [-0.39, 0.29) is 12.2 Å². The number of halogens is 1. The first-order valence-corrected chi connectivity index (χ1v) is 6.50. The number of rotatable bonds is 3. The number of aliphatic hydroxyl groups is 1. The van der Waals surface area contributed by atoms with Crippen LogP contribution in [0.4, 0.5) is 4.39 Å². The number of nitrogens with zero attached hydrogens (tertiary/aromatic N) is 1. The van der Waals surface area contributed by atoms with E-state index in [1.165, 1.54) is 23.5 Å². The Morgan fingerprint density at radius 2 is 2.05 bits per heavy atom. The average Bonchev–Trinajstić information content (AvgIpc) is 2.81. The molecular weight excluding hydrogens is 265 g/mol. The summed E-state index contributed by atoms with van der Waals surface area (Å²) < 4.78 is 20.0. The summed E-state index contributed by atoms with van der Waals surface area (Å²) in [5.74, 6) is -0.116. The van der Waals surface area contributed by atoms with Crippen LogP contribution >= 0.6 is 11.3 Å². The van der Waals surface area contributed by atoms with E-state index in [2.05, 4.69) is 4.98 Å². The second-order valence-electron chi connectivity index (χ2n) is 3.96. The molecule has 0 saturated heterocycles. The molecule has 0 fully saturated rings. The van der Waals surface area contributed by atoms with Crippen molar-refractivity contribution in [3.63, 3.8) is 0 Å². The molecular formula is C14H10FNO2S. The Hall–Kier alpha value is -1.98. The van der Waals surface area contributed by atoms with E-state index >= 15 is 0 Å². The number of benzene rings is 2. The van der Waals surface area contributed by atoms with Crippen LogP contribution in [0.1, 0.15) is 5.56 Å². The number of hydrogen-bond donors (Lipinski definition) is 1. The van der Waals surface area contributed by atoms with Crippen molar-refractivity contribution in [3.8, 4) is 10.9 Å². The van der Waals surface area contributed by atoms with Crippen molar-refractivity contribution in [1.82, 2.24) is 4.98 Å². The minimum absolute atomic E-state index is 0.247. The van der Waals surface area contributed by atoms with Crippen molar-refractivity contribution in [1.29, 1.82) is 0 Å². The van der Waals surface area contributed by atoms with Crippen LogP contribution in [0.3, 0.4) is 0 Å². The second-order valence-corrected chi connectivity index (χ2v) is 4.95. The Kier molecular flexibility index (Phi) is 3.15. The number of aliphatic hydroxyl groups excluding tert-OH is 1. The molecule has 0 saturated carbocycles. The normalized spacial score (nSPS) is 10.8. The van der Waals surface area contributed by atoms with Gasteiger partial charge in [-0.15, -0.1) is 0 Å². The zero-order chi connectivity index (χ0) is 13.2. The molecule has 0 unspecified atom stereocenters. The number of thiazole rings is 1. The molecule has 0 aliphatic heterocycles. The van der Waals surface area contributed by atoms with E-state index in [4.69, 9.17) is 9.84 Å². The van der Waals surface area contributed by atoms with Crippen molar-refractivity contribution >= 4 is 21.6 Å². The molecule has 0 aliphatic carbocycles. The van der Waals surface area contributed by atoms with Gasteiger partial charge < -0.3 is 9.84 Å². The van der Waals surface area contributed by atoms with Crippen LogP contribution in [0.2, 0.25) is 0 Å². The lowest BCUT2D eigenvalue weighted by Gasteiger charge is -2.03. The van der Waals surface area contributed by atoms with Crippen LogP contribution in [0.25, 0.3) is 10.2 Å². The fourth-order valence-corrected chi connectivity index (χ4v) is 2.55. The van der Waals surface area contributed by atoms with Gasteiger partial charge in [0.15, 0.2) is 0 Å². The molecule has 0 spiro atoms. The van der Waals surface area contributed by atoms with Crippen molar-refractivity contribution in [2.45, 2.75) is 6.61 Å². The molecule has 0 radical (unpaired) electrons. The first kappa shape index (κ1) is 12.1. The molecule has 5 heteroatoms. The minimum Gasteiger partial charge on any atom is -0.431 e. The average molecular weight is 275 g/mol. The molecule has 1 aromatic heterocycles. The Morgan fingerprint density at radius 1 is 1.21 bits per heavy atom. The number of hydrogen-bond acceptors (Lipinski definition) is 4. The number of ether oxygens (including phenoxy) is 1. The van der Waals surface area contributed by atoms with E-state index < -0.39 is 5.82 Å². The highest BCUT2D eigenvalue weighted by atomic mass is 32.1. The molecule has 1 heterocycles. The lowest BCUT2D eigenvalue weighted by Crippen LogP contribution is -1.91. The fraction of sp³-hybridized carbons (Fsp3) is 0.0714. The van der Waals surface area contributed by atoms with Gasteiger partial charge in [0.25, 0.3) is 5.19 Å². The predicted octanol–water partition coefficient (Wildman–Crippen LogP) is 3.72.